The van der Waals surface area contributed by atoms with Crippen LogP contribution in [0.3, 0.4) is 0 Å². The number of thiophene rings is 1. The molecule has 1 aliphatic heterocycles. The molecule has 32 heavy (non-hydrogen) atoms. The molecule has 1 unspecified atom stereocenters. The highest BCUT2D eigenvalue weighted by atomic mass is 35.5. The van der Waals surface area contributed by atoms with E-state index >= 15 is 0 Å². The van der Waals surface area contributed by atoms with Gasteiger partial charge in [0.25, 0.3) is 5.91 Å². The molecule has 2 aromatic carbocycles. The molecule has 3 aromatic rings. The van der Waals surface area contributed by atoms with E-state index in [2.05, 4.69) is 11.4 Å². The number of fused-ring (bicyclic) bond motifs is 1. The Kier molecular flexibility index (Phi) is 5.97. The number of rotatable bonds is 5. The lowest BCUT2D eigenvalue weighted by molar-refractivity contribution is -0.134. The third-order valence-corrected chi connectivity index (χ3v) is 7.71. The fraction of sp³-hybridized carbons (Fsp3) is 0.280. The Morgan fingerprint density at radius 2 is 1.78 bits per heavy atom. The van der Waals surface area contributed by atoms with Gasteiger partial charge < -0.3 is 9.80 Å². The molecular formula is C25H22Cl2N2O2S. The second-order valence-corrected chi connectivity index (χ2v) is 10.1. The smallest absolute Gasteiger partial charge is 0.256 e. The summed E-state index contributed by atoms with van der Waals surface area (Å²) in [6, 6.07) is 16.7. The van der Waals surface area contributed by atoms with E-state index in [1.165, 1.54) is 4.88 Å². The highest BCUT2D eigenvalue weighted by Crippen LogP contribution is 2.38. The summed E-state index contributed by atoms with van der Waals surface area (Å²) in [6.07, 6.45) is 2.66. The van der Waals surface area contributed by atoms with E-state index in [1.807, 2.05) is 29.2 Å². The van der Waals surface area contributed by atoms with Gasteiger partial charge >= 0.3 is 0 Å². The number of hydrogen-bond acceptors (Lipinski definition) is 3. The molecule has 1 aliphatic carbocycles. The third-order valence-electron chi connectivity index (χ3n) is 6.13. The van der Waals surface area contributed by atoms with Crippen molar-refractivity contribution in [1.29, 1.82) is 0 Å². The Morgan fingerprint density at radius 1 is 1.03 bits per heavy atom. The van der Waals surface area contributed by atoms with Crippen LogP contribution in [0.15, 0.2) is 60.0 Å². The van der Waals surface area contributed by atoms with E-state index < -0.39 is 0 Å². The van der Waals surface area contributed by atoms with Crippen LogP contribution in [0.25, 0.3) is 0 Å². The molecule has 7 heteroatoms. The number of carbonyl (C=O) groups excluding carboxylic acids is 2. The summed E-state index contributed by atoms with van der Waals surface area (Å²) in [5.41, 5.74) is 2.63. The third kappa shape index (κ3) is 4.17. The SMILES string of the molecule is O=C(c1ccccc1Cl)N(CC(=O)N1CCc2sccc2C1c1ccc(Cl)cc1)C1CC1. The summed E-state index contributed by atoms with van der Waals surface area (Å²) < 4.78 is 0. The lowest BCUT2D eigenvalue weighted by Crippen LogP contribution is -2.47. The maximum absolute atomic E-state index is 13.6. The maximum atomic E-state index is 13.6. The molecule has 0 spiro atoms. The molecule has 2 amide bonds. The van der Waals surface area contributed by atoms with Crippen molar-refractivity contribution in [2.24, 2.45) is 0 Å². The normalized spacial score (nSPS) is 17.7. The second kappa shape index (κ2) is 8.89. The Balaban J connectivity index is 1.43. The molecule has 2 aliphatic rings. The first-order valence-electron chi connectivity index (χ1n) is 10.7. The minimum absolute atomic E-state index is 0.0471. The van der Waals surface area contributed by atoms with Gasteiger partial charge in [0.2, 0.25) is 5.91 Å². The Hall–Kier alpha value is -2.34. The van der Waals surface area contributed by atoms with Crippen molar-refractivity contribution in [2.75, 3.05) is 13.1 Å². The second-order valence-electron chi connectivity index (χ2n) is 8.23. The highest BCUT2D eigenvalue weighted by molar-refractivity contribution is 7.10. The monoisotopic (exact) mass is 484 g/mol. The van der Waals surface area contributed by atoms with Gasteiger partial charge in [-0.15, -0.1) is 11.3 Å². The van der Waals surface area contributed by atoms with E-state index in [0.717, 1.165) is 30.4 Å². The fourth-order valence-corrected chi connectivity index (χ4v) is 5.61. The summed E-state index contributed by atoms with van der Waals surface area (Å²) in [5.74, 6) is -0.225. The summed E-state index contributed by atoms with van der Waals surface area (Å²) >= 11 is 14.1. The number of hydrogen-bond donors (Lipinski definition) is 0. The molecule has 1 saturated carbocycles. The highest BCUT2D eigenvalue weighted by Gasteiger charge is 2.38. The Labute approximate surface area is 201 Å². The molecule has 2 heterocycles. The van der Waals surface area contributed by atoms with Gasteiger partial charge in [0.05, 0.1) is 16.6 Å². The van der Waals surface area contributed by atoms with Crippen LogP contribution in [-0.2, 0) is 11.2 Å². The van der Waals surface area contributed by atoms with Crippen LogP contribution in [0.1, 0.15) is 45.2 Å². The molecular weight excluding hydrogens is 463 g/mol. The van der Waals surface area contributed by atoms with Crippen LogP contribution in [0.5, 0.6) is 0 Å². The van der Waals surface area contributed by atoms with Crippen LogP contribution >= 0.6 is 34.5 Å². The van der Waals surface area contributed by atoms with E-state index in [-0.39, 0.29) is 30.4 Å². The van der Waals surface area contributed by atoms with E-state index in [9.17, 15) is 9.59 Å². The zero-order valence-electron chi connectivity index (χ0n) is 17.3. The number of halogens is 2. The van der Waals surface area contributed by atoms with Crippen molar-refractivity contribution >= 4 is 46.4 Å². The minimum atomic E-state index is -0.178. The number of carbonyl (C=O) groups is 2. The van der Waals surface area contributed by atoms with Gasteiger partial charge in [-0.2, -0.15) is 0 Å². The fourth-order valence-electron chi connectivity index (χ4n) is 4.37. The number of amides is 2. The largest absolute Gasteiger partial charge is 0.330 e. The summed E-state index contributed by atoms with van der Waals surface area (Å²) in [7, 11) is 0. The molecule has 0 N–H and O–H groups in total. The van der Waals surface area contributed by atoms with Crippen molar-refractivity contribution in [1.82, 2.24) is 9.80 Å². The Morgan fingerprint density at radius 3 is 2.50 bits per heavy atom. The lowest BCUT2D eigenvalue weighted by Gasteiger charge is -2.37. The van der Waals surface area contributed by atoms with Crippen LogP contribution in [0.4, 0.5) is 0 Å². The van der Waals surface area contributed by atoms with Gasteiger partial charge in [-0.1, -0.05) is 47.5 Å². The minimum Gasteiger partial charge on any atom is -0.330 e. The van der Waals surface area contributed by atoms with Crippen LogP contribution in [0, 0.1) is 0 Å². The van der Waals surface area contributed by atoms with E-state index in [1.54, 1.807) is 40.5 Å². The van der Waals surface area contributed by atoms with Crippen LogP contribution in [0.2, 0.25) is 10.0 Å². The van der Waals surface area contributed by atoms with Gasteiger partial charge in [-0.3, -0.25) is 9.59 Å². The standard InChI is InChI=1S/C25H22Cl2N2O2S/c26-17-7-5-16(6-8-17)24-20-12-14-32-22(20)11-13-28(24)23(30)15-29(18-9-10-18)25(31)19-3-1-2-4-21(19)27/h1-8,12,14,18,24H,9-11,13,15H2. The van der Waals surface area contributed by atoms with Gasteiger partial charge in [0.1, 0.15) is 6.54 Å². The van der Waals surface area contributed by atoms with Crippen molar-refractivity contribution < 1.29 is 9.59 Å². The number of benzene rings is 2. The first kappa shape index (κ1) is 21.5. The lowest BCUT2D eigenvalue weighted by atomic mass is 9.93. The molecule has 164 valence electrons. The first-order chi connectivity index (χ1) is 15.5. The maximum Gasteiger partial charge on any atom is 0.256 e. The van der Waals surface area contributed by atoms with Crippen LogP contribution in [-0.4, -0.2) is 40.7 Å². The van der Waals surface area contributed by atoms with E-state index in [4.69, 9.17) is 23.2 Å². The first-order valence-corrected chi connectivity index (χ1v) is 12.3. The van der Waals surface area contributed by atoms with Crippen molar-refractivity contribution in [3.05, 3.63) is 91.6 Å². The molecule has 1 aromatic heterocycles. The van der Waals surface area contributed by atoms with Crippen LogP contribution < -0.4 is 0 Å². The zero-order chi connectivity index (χ0) is 22.2. The summed E-state index contributed by atoms with van der Waals surface area (Å²) in [4.78, 5) is 31.8. The van der Waals surface area contributed by atoms with Crippen molar-refractivity contribution in [3.8, 4) is 0 Å². The zero-order valence-corrected chi connectivity index (χ0v) is 19.7. The van der Waals surface area contributed by atoms with Gasteiger partial charge in [0, 0.05) is 22.5 Å². The molecule has 1 fully saturated rings. The Bertz CT molecular complexity index is 1160. The molecule has 5 rings (SSSR count). The summed E-state index contributed by atoms with van der Waals surface area (Å²) in [5, 5.41) is 3.16. The van der Waals surface area contributed by atoms with Gasteiger partial charge in [-0.05, 0) is 66.1 Å². The number of nitrogens with zero attached hydrogens (tertiary/aromatic N) is 2. The van der Waals surface area contributed by atoms with Gasteiger partial charge in [-0.25, -0.2) is 0 Å². The molecule has 4 nitrogen and oxygen atoms in total. The van der Waals surface area contributed by atoms with Crippen molar-refractivity contribution in [2.45, 2.75) is 31.3 Å². The average Bonchev–Trinajstić information content (AvgIpc) is 3.53. The molecule has 0 bridgehead atoms. The average molecular weight is 485 g/mol. The summed E-state index contributed by atoms with van der Waals surface area (Å²) in [6.45, 7) is 0.677. The van der Waals surface area contributed by atoms with Gasteiger partial charge in [0.15, 0.2) is 0 Å². The van der Waals surface area contributed by atoms with E-state index in [0.29, 0.717) is 22.2 Å². The predicted molar refractivity (Wildman–Crippen MR) is 129 cm³/mol. The predicted octanol–water partition coefficient (Wildman–Crippen LogP) is 5.83. The topological polar surface area (TPSA) is 40.6 Å². The molecule has 1 atom stereocenters. The van der Waals surface area contributed by atoms with Crippen molar-refractivity contribution in [3.63, 3.8) is 0 Å². The molecule has 0 saturated heterocycles. The quantitative estimate of drug-likeness (QED) is 0.456. The molecule has 0 radical (unpaired) electrons.